The molecule has 0 saturated carbocycles. The Labute approximate surface area is 167 Å². The molecule has 1 aromatic heterocycles. The molecule has 1 aromatic carbocycles. The minimum absolute atomic E-state index is 0.159. The first kappa shape index (κ1) is 19.1. The quantitative estimate of drug-likeness (QED) is 0.740. The summed E-state index contributed by atoms with van der Waals surface area (Å²) in [6.07, 6.45) is 4.11. The van der Waals surface area contributed by atoms with E-state index >= 15 is 0 Å². The lowest BCUT2D eigenvalue weighted by atomic mass is 10.2. The van der Waals surface area contributed by atoms with Crippen molar-refractivity contribution in [1.82, 2.24) is 15.2 Å². The summed E-state index contributed by atoms with van der Waals surface area (Å²) in [6.45, 7) is 0.279. The molecular weight excluding hydrogens is 398 g/mol. The second-order valence-corrected chi connectivity index (χ2v) is 9.97. The number of thiophene rings is 1. The highest BCUT2D eigenvalue weighted by Crippen LogP contribution is 2.30. The van der Waals surface area contributed by atoms with Gasteiger partial charge in [0.2, 0.25) is 10.0 Å². The minimum atomic E-state index is -3.76. The standard InChI is InChI=1S/C19H21N3O4S2/c23-18(20-21-19(24)17-12-13-6-4-10-16(13)27-17)15-9-5-11-22(15)28(25,26)14-7-2-1-3-8-14/h1-3,7-8,12,15H,4-6,9-11H2,(H,20,23)(H,21,24)/t15-/m1/s1. The average Bonchev–Trinajstić information content (AvgIpc) is 3.42. The number of nitrogens with zero attached hydrogens (tertiary/aromatic N) is 1. The zero-order valence-corrected chi connectivity index (χ0v) is 16.8. The smallest absolute Gasteiger partial charge is 0.271 e. The summed E-state index contributed by atoms with van der Waals surface area (Å²) in [5, 5.41) is 0. The van der Waals surface area contributed by atoms with Crippen molar-refractivity contribution in [2.24, 2.45) is 0 Å². The van der Waals surface area contributed by atoms with Gasteiger partial charge in [-0.05, 0) is 55.9 Å². The van der Waals surface area contributed by atoms with Crippen LogP contribution >= 0.6 is 11.3 Å². The third-order valence-electron chi connectivity index (χ3n) is 5.13. The Balaban J connectivity index is 1.41. The Morgan fingerprint density at radius 1 is 1.07 bits per heavy atom. The predicted molar refractivity (Wildman–Crippen MR) is 105 cm³/mol. The molecule has 1 atom stereocenters. The van der Waals surface area contributed by atoms with E-state index in [-0.39, 0.29) is 17.3 Å². The number of aryl methyl sites for hydroxylation is 2. The molecule has 28 heavy (non-hydrogen) atoms. The lowest BCUT2D eigenvalue weighted by Crippen LogP contribution is -2.51. The molecule has 1 saturated heterocycles. The first-order valence-electron chi connectivity index (χ1n) is 9.25. The molecule has 0 spiro atoms. The van der Waals surface area contributed by atoms with Crippen LogP contribution in [-0.4, -0.2) is 37.1 Å². The fourth-order valence-electron chi connectivity index (χ4n) is 3.72. The third kappa shape index (κ3) is 3.57. The van der Waals surface area contributed by atoms with Gasteiger partial charge in [-0.3, -0.25) is 20.4 Å². The molecular formula is C19H21N3O4S2. The zero-order chi connectivity index (χ0) is 19.7. The van der Waals surface area contributed by atoms with E-state index < -0.39 is 22.0 Å². The lowest BCUT2D eigenvalue weighted by Gasteiger charge is -2.23. The molecule has 2 amide bonds. The minimum Gasteiger partial charge on any atom is -0.271 e. The summed E-state index contributed by atoms with van der Waals surface area (Å²) < 4.78 is 26.9. The highest BCUT2D eigenvalue weighted by Gasteiger charge is 2.39. The van der Waals surface area contributed by atoms with Crippen molar-refractivity contribution in [1.29, 1.82) is 0 Å². The van der Waals surface area contributed by atoms with Crippen LogP contribution in [-0.2, 0) is 27.7 Å². The van der Waals surface area contributed by atoms with Crippen molar-refractivity contribution in [3.63, 3.8) is 0 Å². The van der Waals surface area contributed by atoms with Crippen LogP contribution < -0.4 is 10.9 Å². The molecule has 0 bridgehead atoms. The first-order chi connectivity index (χ1) is 13.5. The molecule has 148 valence electrons. The lowest BCUT2D eigenvalue weighted by molar-refractivity contribution is -0.125. The van der Waals surface area contributed by atoms with Gasteiger partial charge in [0.05, 0.1) is 9.77 Å². The number of carbonyl (C=O) groups is 2. The van der Waals surface area contributed by atoms with E-state index in [1.54, 1.807) is 18.2 Å². The van der Waals surface area contributed by atoms with Crippen LogP contribution in [0.1, 0.15) is 39.4 Å². The van der Waals surface area contributed by atoms with Crippen molar-refractivity contribution in [3.05, 3.63) is 51.7 Å². The van der Waals surface area contributed by atoms with Gasteiger partial charge in [-0.25, -0.2) is 8.42 Å². The van der Waals surface area contributed by atoms with Gasteiger partial charge < -0.3 is 0 Å². The van der Waals surface area contributed by atoms with Crippen LogP contribution in [0, 0.1) is 0 Å². The Hall–Kier alpha value is -2.23. The van der Waals surface area contributed by atoms with Gasteiger partial charge in [-0.2, -0.15) is 4.31 Å². The Kier molecular flexibility index (Phi) is 5.22. The van der Waals surface area contributed by atoms with Gasteiger partial charge >= 0.3 is 0 Å². The first-order valence-corrected chi connectivity index (χ1v) is 11.5. The van der Waals surface area contributed by atoms with Crippen molar-refractivity contribution in [2.45, 2.75) is 43.0 Å². The van der Waals surface area contributed by atoms with E-state index in [2.05, 4.69) is 10.9 Å². The summed E-state index contributed by atoms with van der Waals surface area (Å²) in [4.78, 5) is 26.9. The van der Waals surface area contributed by atoms with E-state index in [1.807, 2.05) is 6.07 Å². The number of nitrogens with one attached hydrogen (secondary N) is 2. The zero-order valence-electron chi connectivity index (χ0n) is 15.2. The number of hydrogen-bond donors (Lipinski definition) is 2. The topological polar surface area (TPSA) is 95.6 Å². The van der Waals surface area contributed by atoms with E-state index in [9.17, 15) is 18.0 Å². The number of fused-ring (bicyclic) bond motifs is 1. The highest BCUT2D eigenvalue weighted by molar-refractivity contribution is 7.89. The molecule has 2 aliphatic rings. The molecule has 4 rings (SSSR count). The SMILES string of the molecule is O=C(NNC(=O)[C@H]1CCCN1S(=O)(=O)c1ccccc1)c1cc2c(s1)CCC2. The summed E-state index contributed by atoms with van der Waals surface area (Å²) in [6, 6.07) is 9.10. The summed E-state index contributed by atoms with van der Waals surface area (Å²) in [7, 11) is -3.76. The van der Waals surface area contributed by atoms with Crippen LogP contribution in [0.25, 0.3) is 0 Å². The summed E-state index contributed by atoms with van der Waals surface area (Å²) in [5.41, 5.74) is 6.04. The largest absolute Gasteiger partial charge is 0.279 e. The van der Waals surface area contributed by atoms with Gasteiger partial charge in [-0.1, -0.05) is 18.2 Å². The van der Waals surface area contributed by atoms with E-state index in [0.717, 1.165) is 19.3 Å². The van der Waals surface area contributed by atoms with Crippen molar-refractivity contribution < 1.29 is 18.0 Å². The predicted octanol–water partition coefficient (Wildman–Crippen LogP) is 1.85. The second-order valence-electron chi connectivity index (χ2n) is 6.94. The average molecular weight is 420 g/mol. The van der Waals surface area contributed by atoms with Crippen molar-refractivity contribution >= 4 is 33.2 Å². The van der Waals surface area contributed by atoms with Crippen molar-refractivity contribution in [2.75, 3.05) is 6.54 Å². The number of benzene rings is 1. The van der Waals surface area contributed by atoms with Crippen molar-refractivity contribution in [3.8, 4) is 0 Å². The maximum atomic E-state index is 12.8. The molecule has 1 fully saturated rings. The van der Waals surface area contributed by atoms with Gasteiger partial charge in [0, 0.05) is 11.4 Å². The van der Waals surface area contributed by atoms with Gasteiger partial charge in [0.25, 0.3) is 11.8 Å². The van der Waals surface area contributed by atoms with E-state index in [4.69, 9.17) is 0 Å². The van der Waals surface area contributed by atoms with Crippen LogP contribution in [0.5, 0.6) is 0 Å². The number of amides is 2. The highest BCUT2D eigenvalue weighted by atomic mass is 32.2. The summed E-state index contributed by atoms with van der Waals surface area (Å²) in [5.74, 6) is -0.891. The molecule has 0 unspecified atom stereocenters. The normalized spacial score (nSPS) is 19.4. The number of carbonyl (C=O) groups excluding carboxylic acids is 2. The fraction of sp³-hybridized carbons (Fsp3) is 0.368. The van der Waals surface area contributed by atoms with Gasteiger partial charge in [-0.15, -0.1) is 11.3 Å². The number of hydrazine groups is 1. The maximum Gasteiger partial charge on any atom is 0.279 e. The third-order valence-corrected chi connectivity index (χ3v) is 8.28. The molecule has 9 heteroatoms. The molecule has 7 nitrogen and oxygen atoms in total. The van der Waals surface area contributed by atoms with E-state index in [1.165, 1.54) is 38.2 Å². The number of hydrogen-bond acceptors (Lipinski definition) is 5. The van der Waals surface area contributed by atoms with E-state index in [0.29, 0.717) is 17.7 Å². The Morgan fingerprint density at radius 2 is 1.86 bits per heavy atom. The molecule has 0 radical (unpaired) electrons. The maximum absolute atomic E-state index is 12.8. The van der Waals surface area contributed by atoms with Crippen LogP contribution in [0.4, 0.5) is 0 Å². The van der Waals surface area contributed by atoms with Crippen LogP contribution in [0.2, 0.25) is 0 Å². The van der Waals surface area contributed by atoms with Crippen LogP contribution in [0.15, 0.2) is 41.3 Å². The molecule has 2 aromatic rings. The molecule has 2 heterocycles. The monoisotopic (exact) mass is 419 g/mol. The molecule has 1 aliphatic heterocycles. The molecule has 2 N–H and O–H groups in total. The number of rotatable bonds is 4. The Bertz CT molecular complexity index is 980. The second kappa shape index (κ2) is 7.65. The van der Waals surface area contributed by atoms with Gasteiger partial charge in [0.1, 0.15) is 6.04 Å². The summed E-state index contributed by atoms with van der Waals surface area (Å²) >= 11 is 1.45. The fourth-order valence-corrected chi connectivity index (χ4v) is 6.55. The molecule has 1 aliphatic carbocycles. The van der Waals surface area contributed by atoms with Crippen LogP contribution in [0.3, 0.4) is 0 Å². The Morgan fingerprint density at radius 3 is 2.61 bits per heavy atom. The number of sulfonamides is 1. The van der Waals surface area contributed by atoms with Gasteiger partial charge in [0.15, 0.2) is 0 Å².